The molecule has 6 nitrogen and oxygen atoms in total. The summed E-state index contributed by atoms with van der Waals surface area (Å²) in [6, 6.07) is 13.9. The molecule has 1 N–H and O–H groups in total. The Morgan fingerprint density at radius 2 is 1.81 bits per heavy atom. The zero-order valence-electron chi connectivity index (χ0n) is 18.6. The fourth-order valence-electron chi connectivity index (χ4n) is 3.84. The van der Waals surface area contributed by atoms with Gasteiger partial charge in [0.15, 0.2) is 18.1 Å². The van der Waals surface area contributed by atoms with Gasteiger partial charge in [-0.15, -0.1) is 0 Å². The number of benzene rings is 2. The molecule has 166 valence electrons. The maximum atomic E-state index is 12.5. The van der Waals surface area contributed by atoms with Gasteiger partial charge in [0.2, 0.25) is 0 Å². The molecule has 2 aromatic rings. The number of ether oxygens (including phenoxy) is 3. The number of amides is 1. The zero-order valence-corrected chi connectivity index (χ0v) is 18.6. The molecule has 3 rings (SSSR count). The normalized spacial score (nSPS) is 15.1. The number of methoxy groups -OCH3 is 2. The molecule has 0 saturated carbocycles. The van der Waals surface area contributed by atoms with E-state index in [1.54, 1.807) is 14.2 Å². The Labute approximate surface area is 184 Å². The van der Waals surface area contributed by atoms with Gasteiger partial charge in [0, 0.05) is 6.54 Å². The SMILES string of the molecule is C/C=C/c1ccc(OCC(=O)NCC(c2ccc(OC)cc2)N2CCCC2)c(OC)c1. The number of hydrogen-bond donors (Lipinski definition) is 1. The highest BCUT2D eigenvalue weighted by molar-refractivity contribution is 5.77. The quantitative estimate of drug-likeness (QED) is 0.623. The molecule has 1 atom stereocenters. The molecule has 1 aliphatic rings. The highest BCUT2D eigenvalue weighted by Crippen LogP contribution is 2.29. The Morgan fingerprint density at radius 1 is 1.06 bits per heavy atom. The number of nitrogens with zero attached hydrogens (tertiary/aromatic N) is 1. The summed E-state index contributed by atoms with van der Waals surface area (Å²) in [4.78, 5) is 14.9. The maximum Gasteiger partial charge on any atom is 0.258 e. The van der Waals surface area contributed by atoms with Crippen LogP contribution < -0.4 is 19.5 Å². The first-order chi connectivity index (χ1) is 15.1. The number of carbonyl (C=O) groups is 1. The molecule has 1 aliphatic heterocycles. The average molecular weight is 425 g/mol. The van der Waals surface area contributed by atoms with Crippen molar-refractivity contribution < 1.29 is 19.0 Å². The van der Waals surface area contributed by atoms with Crippen molar-refractivity contribution in [1.82, 2.24) is 10.2 Å². The molecule has 1 saturated heterocycles. The summed E-state index contributed by atoms with van der Waals surface area (Å²) in [6.07, 6.45) is 6.32. The second-order valence-electron chi connectivity index (χ2n) is 7.54. The monoisotopic (exact) mass is 424 g/mol. The van der Waals surface area contributed by atoms with Crippen molar-refractivity contribution in [2.75, 3.05) is 40.5 Å². The fraction of sp³-hybridized carbons (Fsp3) is 0.400. The van der Waals surface area contributed by atoms with E-state index in [2.05, 4.69) is 22.3 Å². The number of hydrogen-bond acceptors (Lipinski definition) is 5. The van der Waals surface area contributed by atoms with Crippen LogP contribution in [0.1, 0.15) is 36.9 Å². The van der Waals surface area contributed by atoms with Crippen molar-refractivity contribution in [3.05, 3.63) is 59.7 Å². The van der Waals surface area contributed by atoms with E-state index in [1.807, 2.05) is 49.4 Å². The summed E-state index contributed by atoms with van der Waals surface area (Å²) in [5, 5.41) is 3.04. The van der Waals surface area contributed by atoms with Crippen molar-refractivity contribution in [3.8, 4) is 17.2 Å². The van der Waals surface area contributed by atoms with Crippen LogP contribution in [0.25, 0.3) is 6.08 Å². The second-order valence-corrected chi connectivity index (χ2v) is 7.54. The Kier molecular flexibility index (Phi) is 8.35. The summed E-state index contributed by atoms with van der Waals surface area (Å²) < 4.78 is 16.4. The number of nitrogens with one attached hydrogen (secondary N) is 1. The van der Waals surface area contributed by atoms with Crippen LogP contribution in [0.15, 0.2) is 48.5 Å². The second kappa shape index (κ2) is 11.4. The van der Waals surface area contributed by atoms with Crippen LogP contribution in [0, 0.1) is 0 Å². The Hall–Kier alpha value is -2.99. The first-order valence-electron chi connectivity index (χ1n) is 10.7. The summed E-state index contributed by atoms with van der Waals surface area (Å²) >= 11 is 0. The van der Waals surface area contributed by atoms with E-state index in [9.17, 15) is 4.79 Å². The fourth-order valence-corrected chi connectivity index (χ4v) is 3.84. The molecule has 0 aliphatic carbocycles. The summed E-state index contributed by atoms with van der Waals surface area (Å²) in [6.45, 7) is 4.51. The Morgan fingerprint density at radius 3 is 2.45 bits per heavy atom. The molecule has 0 radical (unpaired) electrons. The molecule has 1 amide bonds. The minimum absolute atomic E-state index is 0.0609. The third-order valence-corrected chi connectivity index (χ3v) is 5.48. The topological polar surface area (TPSA) is 60.0 Å². The van der Waals surface area contributed by atoms with Gasteiger partial charge >= 0.3 is 0 Å². The summed E-state index contributed by atoms with van der Waals surface area (Å²) in [7, 11) is 3.26. The third kappa shape index (κ3) is 6.25. The minimum atomic E-state index is -0.155. The van der Waals surface area contributed by atoms with Crippen molar-refractivity contribution >= 4 is 12.0 Å². The lowest BCUT2D eigenvalue weighted by molar-refractivity contribution is -0.123. The molecule has 0 bridgehead atoms. The molecule has 0 spiro atoms. The molecule has 1 fully saturated rings. The van der Waals surface area contributed by atoms with E-state index in [1.165, 1.54) is 18.4 Å². The van der Waals surface area contributed by atoms with Crippen molar-refractivity contribution in [2.45, 2.75) is 25.8 Å². The van der Waals surface area contributed by atoms with Crippen LogP contribution in [-0.2, 0) is 4.79 Å². The van der Waals surface area contributed by atoms with Crippen LogP contribution >= 0.6 is 0 Å². The molecular weight excluding hydrogens is 392 g/mol. The smallest absolute Gasteiger partial charge is 0.258 e. The van der Waals surface area contributed by atoms with Gasteiger partial charge in [-0.2, -0.15) is 0 Å². The average Bonchev–Trinajstić information content (AvgIpc) is 3.33. The lowest BCUT2D eigenvalue weighted by atomic mass is 10.1. The molecule has 0 aromatic heterocycles. The van der Waals surface area contributed by atoms with Gasteiger partial charge in [-0.1, -0.05) is 30.4 Å². The van der Waals surface area contributed by atoms with Gasteiger partial charge in [0.1, 0.15) is 5.75 Å². The summed E-state index contributed by atoms with van der Waals surface area (Å²) in [5.74, 6) is 1.83. The van der Waals surface area contributed by atoms with Gasteiger partial charge in [0.25, 0.3) is 5.91 Å². The van der Waals surface area contributed by atoms with Gasteiger partial charge in [-0.25, -0.2) is 0 Å². The van der Waals surface area contributed by atoms with E-state index in [-0.39, 0.29) is 18.6 Å². The van der Waals surface area contributed by atoms with Crippen LogP contribution in [-0.4, -0.2) is 51.3 Å². The lowest BCUT2D eigenvalue weighted by Gasteiger charge is -2.28. The number of carbonyl (C=O) groups excluding carboxylic acids is 1. The first kappa shape index (κ1) is 22.7. The van der Waals surface area contributed by atoms with Crippen LogP contribution in [0.2, 0.25) is 0 Å². The van der Waals surface area contributed by atoms with E-state index in [0.29, 0.717) is 18.0 Å². The number of rotatable bonds is 10. The number of likely N-dealkylation sites (tertiary alicyclic amines) is 1. The molecule has 31 heavy (non-hydrogen) atoms. The van der Waals surface area contributed by atoms with Crippen molar-refractivity contribution in [3.63, 3.8) is 0 Å². The molecule has 1 heterocycles. The van der Waals surface area contributed by atoms with Gasteiger partial charge in [0.05, 0.1) is 20.3 Å². The first-order valence-corrected chi connectivity index (χ1v) is 10.7. The highest BCUT2D eigenvalue weighted by atomic mass is 16.5. The minimum Gasteiger partial charge on any atom is -0.497 e. The van der Waals surface area contributed by atoms with E-state index < -0.39 is 0 Å². The van der Waals surface area contributed by atoms with Crippen LogP contribution in [0.3, 0.4) is 0 Å². The largest absolute Gasteiger partial charge is 0.497 e. The van der Waals surface area contributed by atoms with Gasteiger partial charge in [-0.3, -0.25) is 9.69 Å². The van der Waals surface area contributed by atoms with E-state index in [0.717, 1.165) is 24.4 Å². The van der Waals surface area contributed by atoms with Gasteiger partial charge in [-0.05, 0) is 68.2 Å². The standard InChI is InChI=1S/C25H32N2O4/c1-4-7-19-8-13-23(24(16-19)30-3)31-18-25(28)26-17-22(27-14-5-6-15-27)20-9-11-21(29-2)12-10-20/h4,7-13,16,22H,5-6,14-15,17-18H2,1-3H3,(H,26,28)/b7-4+. The maximum absolute atomic E-state index is 12.5. The van der Waals surface area contributed by atoms with Crippen LogP contribution in [0.4, 0.5) is 0 Å². The predicted octanol–water partition coefficient (Wildman–Crippen LogP) is 4.07. The number of allylic oxidation sites excluding steroid dienone is 1. The Balaban J connectivity index is 1.59. The Bertz CT molecular complexity index is 874. The van der Waals surface area contributed by atoms with Crippen molar-refractivity contribution in [2.24, 2.45) is 0 Å². The van der Waals surface area contributed by atoms with E-state index in [4.69, 9.17) is 14.2 Å². The molecule has 2 aromatic carbocycles. The molecule has 6 heteroatoms. The van der Waals surface area contributed by atoms with Crippen molar-refractivity contribution in [1.29, 1.82) is 0 Å². The van der Waals surface area contributed by atoms with E-state index >= 15 is 0 Å². The van der Waals surface area contributed by atoms with Crippen LogP contribution in [0.5, 0.6) is 17.2 Å². The molecule has 1 unspecified atom stereocenters. The lowest BCUT2D eigenvalue weighted by Crippen LogP contribution is -2.38. The summed E-state index contributed by atoms with van der Waals surface area (Å²) in [5.41, 5.74) is 2.19. The highest BCUT2D eigenvalue weighted by Gasteiger charge is 2.24. The third-order valence-electron chi connectivity index (χ3n) is 5.48. The van der Waals surface area contributed by atoms with Gasteiger partial charge < -0.3 is 19.5 Å². The predicted molar refractivity (Wildman–Crippen MR) is 123 cm³/mol. The zero-order chi connectivity index (χ0) is 22.1. The molecular formula is C25H32N2O4.